The second-order valence-corrected chi connectivity index (χ2v) is 5.89. The maximum atomic E-state index is 5.97. The fourth-order valence-electron chi connectivity index (χ4n) is 2.29. The van der Waals surface area contributed by atoms with Crippen LogP contribution in [0.1, 0.15) is 48.7 Å². The first-order valence-electron chi connectivity index (χ1n) is 6.47. The summed E-state index contributed by atoms with van der Waals surface area (Å²) in [4.78, 5) is 6.16. The van der Waals surface area contributed by atoms with Crippen molar-refractivity contribution in [2.24, 2.45) is 0 Å². The molecule has 1 N–H and O–H groups in total. The third-order valence-corrected chi connectivity index (χ3v) is 4.71. The predicted octanol–water partition coefficient (Wildman–Crippen LogP) is 2.84. The van der Waals surface area contributed by atoms with Gasteiger partial charge in [0.25, 0.3) is 0 Å². The van der Waals surface area contributed by atoms with Gasteiger partial charge in [0.1, 0.15) is 10.6 Å². The Morgan fingerprint density at radius 3 is 2.88 bits per heavy atom. The quantitative estimate of drug-likeness (QED) is 0.897. The number of ether oxygens (including phenoxy) is 1. The second-order valence-electron chi connectivity index (χ2n) is 4.81. The van der Waals surface area contributed by atoms with Gasteiger partial charge in [-0.15, -0.1) is 11.3 Å². The SMILES string of the molecule is CCc1nc(C2(C)CCCCO2)sc1CNC. The van der Waals surface area contributed by atoms with Gasteiger partial charge in [0, 0.05) is 18.0 Å². The molecule has 0 bridgehead atoms. The zero-order chi connectivity index (χ0) is 12.3. The summed E-state index contributed by atoms with van der Waals surface area (Å²) in [5.74, 6) is 0. The van der Waals surface area contributed by atoms with Crippen LogP contribution in [0.3, 0.4) is 0 Å². The van der Waals surface area contributed by atoms with E-state index in [9.17, 15) is 0 Å². The minimum absolute atomic E-state index is 0.140. The first kappa shape index (κ1) is 13.0. The summed E-state index contributed by atoms with van der Waals surface area (Å²) in [5, 5.41) is 4.38. The standard InChI is InChI=1S/C13H22N2OS/c1-4-10-11(9-14-3)17-12(15-10)13(2)7-5-6-8-16-13/h14H,4-9H2,1-3H3. The first-order chi connectivity index (χ1) is 8.19. The minimum atomic E-state index is -0.140. The van der Waals surface area contributed by atoms with Gasteiger partial charge in [-0.1, -0.05) is 6.92 Å². The third-order valence-electron chi connectivity index (χ3n) is 3.37. The molecule has 0 amide bonds. The highest BCUT2D eigenvalue weighted by Crippen LogP contribution is 2.38. The predicted molar refractivity (Wildman–Crippen MR) is 71.4 cm³/mol. The second kappa shape index (κ2) is 5.46. The average molecular weight is 254 g/mol. The number of hydrogen-bond acceptors (Lipinski definition) is 4. The lowest BCUT2D eigenvalue weighted by atomic mass is 9.97. The van der Waals surface area contributed by atoms with Crippen molar-refractivity contribution in [3.8, 4) is 0 Å². The number of nitrogens with one attached hydrogen (secondary N) is 1. The third kappa shape index (κ3) is 2.69. The number of aromatic nitrogens is 1. The molecule has 1 aliphatic heterocycles. The van der Waals surface area contributed by atoms with Crippen molar-refractivity contribution in [1.29, 1.82) is 0 Å². The molecule has 1 aliphatic rings. The van der Waals surface area contributed by atoms with Crippen molar-refractivity contribution in [1.82, 2.24) is 10.3 Å². The van der Waals surface area contributed by atoms with Crippen LogP contribution in [0, 0.1) is 0 Å². The summed E-state index contributed by atoms with van der Waals surface area (Å²) in [5.41, 5.74) is 1.09. The summed E-state index contributed by atoms with van der Waals surface area (Å²) < 4.78 is 5.97. The Kier molecular flexibility index (Phi) is 4.17. The Bertz CT molecular complexity index is 369. The Balaban J connectivity index is 2.25. The van der Waals surface area contributed by atoms with E-state index in [2.05, 4.69) is 19.2 Å². The number of hydrogen-bond donors (Lipinski definition) is 1. The Labute approximate surface area is 108 Å². The fourth-order valence-corrected chi connectivity index (χ4v) is 3.58. The van der Waals surface area contributed by atoms with Crippen molar-refractivity contribution in [2.75, 3.05) is 13.7 Å². The highest BCUT2D eigenvalue weighted by Gasteiger charge is 2.33. The Morgan fingerprint density at radius 2 is 2.29 bits per heavy atom. The van der Waals surface area contributed by atoms with Gasteiger partial charge >= 0.3 is 0 Å². The summed E-state index contributed by atoms with van der Waals surface area (Å²) in [6, 6.07) is 0. The molecule has 1 atom stereocenters. The molecule has 1 aromatic rings. The zero-order valence-electron chi connectivity index (χ0n) is 11.0. The maximum Gasteiger partial charge on any atom is 0.125 e. The molecule has 1 saturated heterocycles. The van der Waals surface area contributed by atoms with Gasteiger partial charge in [0.05, 0.1) is 5.69 Å². The van der Waals surface area contributed by atoms with Crippen LogP contribution in [0.15, 0.2) is 0 Å². The molecular weight excluding hydrogens is 232 g/mol. The molecule has 0 aromatic carbocycles. The van der Waals surface area contributed by atoms with E-state index in [1.807, 2.05) is 18.4 Å². The number of rotatable bonds is 4. The molecular formula is C13H22N2OS. The topological polar surface area (TPSA) is 34.1 Å². The molecule has 1 fully saturated rings. The monoisotopic (exact) mass is 254 g/mol. The molecule has 3 nitrogen and oxygen atoms in total. The van der Waals surface area contributed by atoms with E-state index < -0.39 is 0 Å². The lowest BCUT2D eigenvalue weighted by Crippen LogP contribution is -2.30. The van der Waals surface area contributed by atoms with Gasteiger partial charge in [-0.3, -0.25) is 0 Å². The van der Waals surface area contributed by atoms with E-state index in [1.165, 1.54) is 28.4 Å². The summed E-state index contributed by atoms with van der Waals surface area (Å²) >= 11 is 1.82. The van der Waals surface area contributed by atoms with Crippen LogP contribution in [0.5, 0.6) is 0 Å². The lowest BCUT2D eigenvalue weighted by Gasteiger charge is -2.31. The van der Waals surface area contributed by atoms with E-state index in [0.29, 0.717) is 0 Å². The lowest BCUT2D eigenvalue weighted by molar-refractivity contribution is -0.0702. The van der Waals surface area contributed by atoms with Crippen LogP contribution < -0.4 is 5.32 Å². The molecule has 0 spiro atoms. The van der Waals surface area contributed by atoms with Crippen LogP contribution >= 0.6 is 11.3 Å². The maximum absolute atomic E-state index is 5.97. The van der Waals surface area contributed by atoms with Gasteiger partial charge in [-0.2, -0.15) is 0 Å². The summed E-state index contributed by atoms with van der Waals surface area (Å²) in [7, 11) is 1.98. The van der Waals surface area contributed by atoms with E-state index in [-0.39, 0.29) is 5.60 Å². The highest BCUT2D eigenvalue weighted by molar-refractivity contribution is 7.11. The normalized spacial score (nSPS) is 25.1. The van der Waals surface area contributed by atoms with Gasteiger partial charge < -0.3 is 10.1 Å². The smallest absolute Gasteiger partial charge is 0.125 e. The van der Waals surface area contributed by atoms with Crippen molar-refractivity contribution < 1.29 is 4.74 Å². The first-order valence-corrected chi connectivity index (χ1v) is 7.29. The molecule has 1 aromatic heterocycles. The number of aryl methyl sites for hydroxylation is 1. The summed E-state index contributed by atoms with van der Waals surface area (Å²) in [6.45, 7) is 6.14. The molecule has 1 unspecified atom stereocenters. The van der Waals surface area contributed by atoms with Crippen molar-refractivity contribution in [3.05, 3.63) is 15.6 Å². The summed E-state index contributed by atoms with van der Waals surface area (Å²) in [6.07, 6.45) is 4.54. The van der Waals surface area contributed by atoms with Crippen LogP contribution in [-0.4, -0.2) is 18.6 Å². The van der Waals surface area contributed by atoms with Crippen molar-refractivity contribution >= 4 is 11.3 Å². The largest absolute Gasteiger partial charge is 0.368 e. The average Bonchev–Trinajstić information content (AvgIpc) is 2.74. The van der Waals surface area contributed by atoms with Crippen LogP contribution in [0.4, 0.5) is 0 Å². The van der Waals surface area contributed by atoms with Crippen LogP contribution in [0.25, 0.3) is 0 Å². The Hall–Kier alpha value is -0.450. The number of nitrogens with zero attached hydrogens (tertiary/aromatic N) is 1. The van der Waals surface area contributed by atoms with Gasteiger partial charge in [-0.25, -0.2) is 4.98 Å². The molecule has 4 heteroatoms. The minimum Gasteiger partial charge on any atom is -0.368 e. The molecule has 96 valence electrons. The van der Waals surface area contributed by atoms with Crippen molar-refractivity contribution in [3.63, 3.8) is 0 Å². The molecule has 0 saturated carbocycles. The van der Waals surface area contributed by atoms with Crippen molar-refractivity contribution in [2.45, 2.75) is 51.7 Å². The van der Waals surface area contributed by atoms with E-state index in [0.717, 1.165) is 26.0 Å². The zero-order valence-corrected chi connectivity index (χ0v) is 11.8. The van der Waals surface area contributed by atoms with E-state index in [4.69, 9.17) is 9.72 Å². The van der Waals surface area contributed by atoms with E-state index in [1.54, 1.807) is 0 Å². The van der Waals surface area contributed by atoms with Gasteiger partial charge in [0.15, 0.2) is 0 Å². The van der Waals surface area contributed by atoms with Crippen LogP contribution in [-0.2, 0) is 23.3 Å². The number of thiazole rings is 1. The molecule has 2 rings (SSSR count). The fraction of sp³-hybridized carbons (Fsp3) is 0.769. The Morgan fingerprint density at radius 1 is 1.47 bits per heavy atom. The van der Waals surface area contributed by atoms with Crippen LogP contribution in [0.2, 0.25) is 0 Å². The highest BCUT2D eigenvalue weighted by atomic mass is 32.1. The van der Waals surface area contributed by atoms with Gasteiger partial charge in [-0.05, 0) is 39.7 Å². The molecule has 17 heavy (non-hydrogen) atoms. The van der Waals surface area contributed by atoms with Gasteiger partial charge in [0.2, 0.25) is 0 Å². The molecule has 2 heterocycles. The molecule has 0 aliphatic carbocycles. The molecule has 0 radical (unpaired) electrons. The van der Waals surface area contributed by atoms with E-state index >= 15 is 0 Å².